The number of nitrogens with one attached hydrogen (secondary N) is 2. The molecule has 3 aromatic carbocycles. The Morgan fingerprint density at radius 1 is 1.12 bits per heavy atom. The molecule has 1 fully saturated rings. The lowest BCUT2D eigenvalue weighted by Gasteiger charge is -2.38. The van der Waals surface area contributed by atoms with Gasteiger partial charge in [0.2, 0.25) is 11.9 Å². The van der Waals surface area contributed by atoms with Crippen LogP contribution in [0.2, 0.25) is 0 Å². The fraction of sp³-hybridized carbons (Fsp3) is 0.250. The normalized spacial score (nSPS) is 14.0. The van der Waals surface area contributed by atoms with Crippen LogP contribution in [0.1, 0.15) is 19.4 Å². The smallest absolute Gasteiger partial charge is 0.247 e. The minimum absolute atomic E-state index is 0.277. The molecule has 9 nitrogen and oxygen atoms in total. The summed E-state index contributed by atoms with van der Waals surface area (Å²) in [6.07, 6.45) is 2.99. The first-order chi connectivity index (χ1) is 19.7. The molecule has 1 saturated heterocycles. The Balaban J connectivity index is 1.37. The highest BCUT2D eigenvalue weighted by molar-refractivity contribution is 6.00. The molecule has 0 bridgehead atoms. The summed E-state index contributed by atoms with van der Waals surface area (Å²) in [6, 6.07) is 21.5. The Morgan fingerprint density at radius 3 is 2.63 bits per heavy atom. The van der Waals surface area contributed by atoms with Gasteiger partial charge in [0.1, 0.15) is 6.07 Å². The third kappa shape index (κ3) is 6.69. The first kappa shape index (κ1) is 27.8. The molecule has 1 aliphatic heterocycles. The second-order valence-corrected chi connectivity index (χ2v) is 10.8. The molecule has 2 heterocycles. The van der Waals surface area contributed by atoms with E-state index in [9.17, 15) is 15.2 Å². The van der Waals surface area contributed by atoms with Crippen LogP contribution in [0.15, 0.2) is 79.5 Å². The maximum atomic E-state index is 11.8. The van der Waals surface area contributed by atoms with E-state index in [0.717, 1.165) is 53.9 Å². The zero-order valence-corrected chi connectivity index (χ0v) is 23.3. The zero-order valence-electron chi connectivity index (χ0n) is 23.3. The number of amides is 1. The van der Waals surface area contributed by atoms with Crippen molar-refractivity contribution in [3.8, 4) is 17.2 Å². The van der Waals surface area contributed by atoms with Gasteiger partial charge in [-0.3, -0.25) is 9.69 Å². The van der Waals surface area contributed by atoms with Crippen LogP contribution in [0, 0.1) is 11.3 Å². The van der Waals surface area contributed by atoms with Gasteiger partial charge in [0.15, 0.2) is 0 Å². The first-order valence-electron chi connectivity index (χ1n) is 13.5. The maximum absolute atomic E-state index is 11.8. The highest BCUT2D eigenvalue weighted by Crippen LogP contribution is 2.31. The lowest BCUT2D eigenvalue weighted by atomic mass is 10.0. The molecule has 5 rings (SSSR count). The number of carbonyl (C=O) groups is 1. The van der Waals surface area contributed by atoms with E-state index in [1.807, 2.05) is 74.5 Å². The third-order valence-corrected chi connectivity index (χ3v) is 6.96. The Labute approximate surface area is 239 Å². The lowest BCUT2D eigenvalue weighted by molar-refractivity contribution is -0.111. The molecule has 3 N–H and O–H groups in total. The van der Waals surface area contributed by atoms with Gasteiger partial charge in [0, 0.05) is 61.2 Å². The van der Waals surface area contributed by atoms with E-state index in [-0.39, 0.29) is 5.91 Å². The number of nitrogens with zero attached hydrogens (tertiary/aromatic N) is 5. The molecular weight excluding hydrogens is 514 g/mol. The van der Waals surface area contributed by atoms with Gasteiger partial charge in [0.25, 0.3) is 0 Å². The van der Waals surface area contributed by atoms with E-state index < -0.39 is 5.60 Å². The number of aromatic nitrogens is 2. The van der Waals surface area contributed by atoms with Gasteiger partial charge in [-0.25, -0.2) is 9.97 Å². The predicted octanol–water partition coefficient (Wildman–Crippen LogP) is 4.93. The van der Waals surface area contributed by atoms with Gasteiger partial charge in [-0.2, -0.15) is 5.26 Å². The van der Waals surface area contributed by atoms with E-state index >= 15 is 0 Å². The fourth-order valence-electron chi connectivity index (χ4n) is 5.07. The van der Waals surface area contributed by atoms with Crippen molar-refractivity contribution in [2.24, 2.45) is 0 Å². The number of rotatable bonds is 8. The standard InChI is InChI=1S/C32H33N7O2/c1-4-29(40)35-25-9-5-7-22(17-25)27-10-6-8-23-20-34-31(37-30(23)27)36-28-12-11-26(18-24(28)19-33)39-15-13-38(14-16-39)21-32(2,3)41/h4-12,17-18,20,41H,1,13-16,21H2,2-3H3,(H,35,40)(H,34,36,37). The number of nitriles is 1. The molecule has 1 aromatic heterocycles. The summed E-state index contributed by atoms with van der Waals surface area (Å²) in [5.41, 5.74) is 4.59. The predicted molar refractivity (Wildman–Crippen MR) is 163 cm³/mol. The summed E-state index contributed by atoms with van der Waals surface area (Å²) in [5, 5.41) is 27.0. The topological polar surface area (TPSA) is 117 Å². The highest BCUT2D eigenvalue weighted by Gasteiger charge is 2.23. The van der Waals surface area contributed by atoms with Crippen LogP contribution in [0.4, 0.5) is 23.0 Å². The Morgan fingerprint density at radius 2 is 1.90 bits per heavy atom. The van der Waals surface area contributed by atoms with Crippen molar-refractivity contribution in [1.82, 2.24) is 14.9 Å². The number of anilines is 4. The van der Waals surface area contributed by atoms with Crippen molar-refractivity contribution in [1.29, 1.82) is 5.26 Å². The first-order valence-corrected chi connectivity index (χ1v) is 13.5. The number of aliphatic hydroxyl groups is 1. The van der Waals surface area contributed by atoms with Crippen LogP contribution in [-0.2, 0) is 4.79 Å². The van der Waals surface area contributed by atoms with Crippen molar-refractivity contribution in [2.45, 2.75) is 19.4 Å². The molecular formula is C32H33N7O2. The molecule has 41 heavy (non-hydrogen) atoms. The Hall–Kier alpha value is -4.78. The summed E-state index contributed by atoms with van der Waals surface area (Å²) in [6.45, 7) is 11.1. The van der Waals surface area contributed by atoms with E-state index in [1.54, 1.807) is 6.20 Å². The summed E-state index contributed by atoms with van der Waals surface area (Å²) in [4.78, 5) is 25.6. The van der Waals surface area contributed by atoms with E-state index in [1.165, 1.54) is 6.08 Å². The van der Waals surface area contributed by atoms with Crippen LogP contribution in [-0.4, -0.2) is 64.2 Å². The number of piperazine rings is 1. The quantitative estimate of drug-likeness (QED) is 0.266. The number of benzene rings is 3. The molecule has 1 aliphatic rings. The van der Waals surface area contributed by atoms with Gasteiger partial charge < -0.3 is 20.6 Å². The minimum atomic E-state index is -0.720. The summed E-state index contributed by atoms with van der Waals surface area (Å²) < 4.78 is 0. The van der Waals surface area contributed by atoms with Gasteiger partial charge in [-0.1, -0.05) is 36.9 Å². The fourth-order valence-corrected chi connectivity index (χ4v) is 5.07. The summed E-state index contributed by atoms with van der Waals surface area (Å²) >= 11 is 0. The number of β-amino-alcohol motifs (C(OH)–C–C–N with tert-alkyl or cyclic N) is 1. The van der Waals surface area contributed by atoms with Crippen LogP contribution in [0.3, 0.4) is 0 Å². The molecule has 0 radical (unpaired) electrons. The van der Waals surface area contributed by atoms with Gasteiger partial charge in [-0.15, -0.1) is 0 Å². The summed E-state index contributed by atoms with van der Waals surface area (Å²) in [7, 11) is 0. The van der Waals surface area contributed by atoms with Crippen molar-refractivity contribution in [3.05, 3.63) is 85.1 Å². The van der Waals surface area contributed by atoms with Gasteiger partial charge in [0.05, 0.1) is 22.4 Å². The number of para-hydroxylation sites is 1. The molecule has 1 amide bonds. The summed E-state index contributed by atoms with van der Waals surface area (Å²) in [5.74, 6) is 0.103. The van der Waals surface area contributed by atoms with E-state index in [4.69, 9.17) is 4.98 Å². The second-order valence-electron chi connectivity index (χ2n) is 10.8. The van der Waals surface area contributed by atoms with Crippen molar-refractivity contribution in [2.75, 3.05) is 48.3 Å². The average molecular weight is 548 g/mol. The van der Waals surface area contributed by atoms with Gasteiger partial charge in [-0.05, 0) is 55.8 Å². The largest absolute Gasteiger partial charge is 0.389 e. The molecule has 4 aromatic rings. The SMILES string of the molecule is C=CC(=O)Nc1cccc(-c2cccc3cnc(Nc4ccc(N5CCN(CC(C)(C)O)CC5)cc4C#N)nc23)c1. The van der Waals surface area contributed by atoms with Crippen LogP contribution < -0.4 is 15.5 Å². The molecule has 0 saturated carbocycles. The Bertz CT molecular complexity index is 1630. The Kier molecular flexibility index (Phi) is 7.97. The van der Waals surface area contributed by atoms with Crippen LogP contribution in [0.5, 0.6) is 0 Å². The zero-order chi connectivity index (χ0) is 29.0. The maximum Gasteiger partial charge on any atom is 0.247 e. The monoisotopic (exact) mass is 547 g/mol. The van der Waals surface area contributed by atoms with Gasteiger partial charge >= 0.3 is 0 Å². The van der Waals surface area contributed by atoms with Crippen molar-refractivity contribution < 1.29 is 9.90 Å². The minimum Gasteiger partial charge on any atom is -0.389 e. The number of carbonyl (C=O) groups excluding carboxylic acids is 1. The second kappa shape index (κ2) is 11.8. The number of hydrogen-bond donors (Lipinski definition) is 3. The molecule has 0 atom stereocenters. The molecule has 0 spiro atoms. The van der Waals surface area contributed by atoms with Crippen LogP contribution >= 0.6 is 0 Å². The third-order valence-electron chi connectivity index (χ3n) is 6.96. The molecule has 0 unspecified atom stereocenters. The average Bonchev–Trinajstić information content (AvgIpc) is 2.96. The number of hydrogen-bond acceptors (Lipinski definition) is 8. The van der Waals surface area contributed by atoms with Crippen molar-refractivity contribution >= 4 is 39.8 Å². The van der Waals surface area contributed by atoms with E-state index in [2.05, 4.69) is 38.1 Å². The lowest BCUT2D eigenvalue weighted by Crippen LogP contribution is -2.50. The van der Waals surface area contributed by atoms with E-state index in [0.29, 0.717) is 29.4 Å². The molecule has 208 valence electrons. The number of fused-ring (bicyclic) bond motifs is 1. The van der Waals surface area contributed by atoms with Crippen LogP contribution in [0.25, 0.3) is 22.0 Å². The molecule has 0 aliphatic carbocycles. The molecule has 9 heteroatoms. The highest BCUT2D eigenvalue weighted by atomic mass is 16.3. The van der Waals surface area contributed by atoms with Crippen molar-refractivity contribution in [3.63, 3.8) is 0 Å².